The summed E-state index contributed by atoms with van der Waals surface area (Å²) in [5.41, 5.74) is 3.39. The van der Waals surface area contributed by atoms with Gasteiger partial charge in [-0.3, -0.25) is 4.79 Å². The summed E-state index contributed by atoms with van der Waals surface area (Å²) in [6.45, 7) is 6.16. The number of aromatic nitrogens is 3. The Bertz CT molecular complexity index is 1500. The van der Waals surface area contributed by atoms with Crippen LogP contribution in [0.5, 0.6) is 5.88 Å². The summed E-state index contributed by atoms with van der Waals surface area (Å²) in [7, 11) is 1.51. The maximum Gasteiger partial charge on any atom is 0.246 e. The van der Waals surface area contributed by atoms with Gasteiger partial charge >= 0.3 is 0 Å². The summed E-state index contributed by atoms with van der Waals surface area (Å²) in [5.74, 6) is -0.170. The van der Waals surface area contributed by atoms with Gasteiger partial charge in [-0.25, -0.2) is 23.7 Å². The number of benzene rings is 2. The molecule has 10 heteroatoms. The van der Waals surface area contributed by atoms with E-state index in [0.717, 1.165) is 33.9 Å². The van der Waals surface area contributed by atoms with Crippen LogP contribution in [-0.4, -0.2) is 59.0 Å². The minimum Gasteiger partial charge on any atom is -0.480 e. The van der Waals surface area contributed by atoms with Gasteiger partial charge in [0.25, 0.3) is 0 Å². The number of carbonyl (C=O) groups excluding carboxylic acids is 1. The lowest BCUT2D eigenvalue weighted by atomic mass is 10.0. The van der Waals surface area contributed by atoms with Crippen molar-refractivity contribution in [3.63, 3.8) is 0 Å². The highest BCUT2D eigenvalue weighted by Gasteiger charge is 2.22. The van der Waals surface area contributed by atoms with Gasteiger partial charge in [0.15, 0.2) is 0 Å². The average Bonchev–Trinajstić information content (AvgIpc) is 2.95. The van der Waals surface area contributed by atoms with Crippen LogP contribution in [-0.2, 0) is 11.3 Å². The highest BCUT2D eigenvalue weighted by Crippen LogP contribution is 2.32. The molecule has 38 heavy (non-hydrogen) atoms. The molecule has 1 fully saturated rings. The molecule has 1 amide bonds. The summed E-state index contributed by atoms with van der Waals surface area (Å²) < 4.78 is 32.8. The molecule has 1 aliphatic heterocycles. The second kappa shape index (κ2) is 10.8. The molecule has 0 atom stereocenters. The Morgan fingerprint density at radius 2 is 1.87 bits per heavy atom. The zero-order valence-corrected chi connectivity index (χ0v) is 20.8. The molecule has 0 unspecified atom stereocenters. The highest BCUT2D eigenvalue weighted by atomic mass is 19.1. The van der Waals surface area contributed by atoms with E-state index in [1.165, 1.54) is 25.3 Å². The number of amides is 1. The van der Waals surface area contributed by atoms with E-state index in [-0.39, 0.29) is 12.5 Å². The third kappa shape index (κ3) is 5.10. The van der Waals surface area contributed by atoms with Crippen LogP contribution in [0.4, 0.5) is 20.3 Å². The molecule has 8 nitrogen and oxygen atoms in total. The van der Waals surface area contributed by atoms with Crippen LogP contribution in [0, 0.1) is 11.6 Å². The first-order valence-corrected chi connectivity index (χ1v) is 12.1. The molecule has 1 saturated heterocycles. The number of nitrogens with one attached hydrogen (secondary N) is 1. The molecule has 0 bridgehead atoms. The van der Waals surface area contributed by atoms with Crippen molar-refractivity contribution in [2.45, 2.75) is 6.54 Å². The second-order valence-corrected chi connectivity index (χ2v) is 8.82. The molecule has 0 aliphatic carbocycles. The van der Waals surface area contributed by atoms with Crippen LogP contribution in [0.2, 0.25) is 0 Å². The number of piperazine rings is 1. The number of fused-ring (bicyclic) bond motifs is 1. The molecular formula is C28H26F2N6O2. The Kier molecular flexibility index (Phi) is 7.12. The van der Waals surface area contributed by atoms with Crippen molar-refractivity contribution < 1.29 is 18.3 Å². The van der Waals surface area contributed by atoms with Gasteiger partial charge in [-0.2, -0.15) is 0 Å². The number of pyridine rings is 1. The van der Waals surface area contributed by atoms with Crippen LogP contribution >= 0.6 is 0 Å². The van der Waals surface area contributed by atoms with E-state index in [4.69, 9.17) is 4.74 Å². The van der Waals surface area contributed by atoms with Crippen LogP contribution in [0.25, 0.3) is 22.0 Å². The van der Waals surface area contributed by atoms with Crippen LogP contribution in [0.1, 0.15) is 5.56 Å². The quantitative estimate of drug-likeness (QED) is 0.364. The van der Waals surface area contributed by atoms with Crippen LogP contribution < -0.4 is 15.0 Å². The number of rotatable bonds is 7. The number of hydrogen-bond donors (Lipinski definition) is 1. The number of halogens is 2. The van der Waals surface area contributed by atoms with Gasteiger partial charge in [-0.15, -0.1) is 0 Å². The zero-order chi connectivity index (χ0) is 26.6. The Morgan fingerprint density at radius 1 is 1.05 bits per heavy atom. The third-order valence-corrected chi connectivity index (χ3v) is 6.54. The molecule has 2 aromatic carbocycles. The maximum absolute atomic E-state index is 14.1. The maximum atomic E-state index is 14.1. The molecule has 0 spiro atoms. The molecule has 3 heterocycles. The van der Waals surface area contributed by atoms with Gasteiger partial charge < -0.3 is 19.9 Å². The molecule has 2 aromatic heterocycles. The van der Waals surface area contributed by atoms with E-state index in [1.807, 2.05) is 24.3 Å². The van der Waals surface area contributed by atoms with Crippen molar-refractivity contribution in [2.24, 2.45) is 0 Å². The van der Waals surface area contributed by atoms with Crippen molar-refractivity contribution in [3.8, 4) is 17.0 Å². The van der Waals surface area contributed by atoms with Crippen molar-refractivity contribution in [3.05, 3.63) is 84.8 Å². The normalized spacial score (nSPS) is 13.4. The van der Waals surface area contributed by atoms with Gasteiger partial charge in [0, 0.05) is 61.5 Å². The van der Waals surface area contributed by atoms with E-state index in [9.17, 15) is 13.6 Å². The fourth-order valence-electron chi connectivity index (χ4n) is 4.50. The van der Waals surface area contributed by atoms with Gasteiger partial charge in [-0.1, -0.05) is 18.7 Å². The fraction of sp³-hybridized carbons (Fsp3) is 0.214. The summed E-state index contributed by atoms with van der Waals surface area (Å²) >= 11 is 0. The monoisotopic (exact) mass is 516 g/mol. The van der Waals surface area contributed by atoms with Crippen LogP contribution in [0.3, 0.4) is 0 Å². The van der Waals surface area contributed by atoms with Crippen molar-refractivity contribution >= 4 is 28.3 Å². The highest BCUT2D eigenvalue weighted by molar-refractivity contribution is 5.93. The summed E-state index contributed by atoms with van der Waals surface area (Å²) in [4.78, 5) is 29.3. The Hall–Kier alpha value is -4.60. The molecular weight excluding hydrogens is 490 g/mol. The molecule has 4 aromatic rings. The van der Waals surface area contributed by atoms with E-state index in [1.54, 1.807) is 17.4 Å². The largest absolute Gasteiger partial charge is 0.480 e. The van der Waals surface area contributed by atoms with Gasteiger partial charge in [0.05, 0.1) is 18.3 Å². The predicted molar refractivity (Wildman–Crippen MR) is 142 cm³/mol. The second-order valence-electron chi connectivity index (χ2n) is 8.82. The SMILES string of the molecule is C=CC(=O)N1CCN(c2ncnc3ccc(-c4cnc(OC)c(NCc5ccc(F)cc5F)c4)cc23)CC1. The van der Waals surface area contributed by atoms with Crippen molar-refractivity contribution in [1.82, 2.24) is 19.9 Å². The third-order valence-electron chi connectivity index (χ3n) is 6.54. The summed E-state index contributed by atoms with van der Waals surface area (Å²) in [5, 5.41) is 4.03. The Morgan fingerprint density at radius 3 is 2.61 bits per heavy atom. The van der Waals surface area contributed by atoms with E-state index >= 15 is 0 Å². The number of ether oxygens (including phenoxy) is 1. The number of methoxy groups -OCH3 is 1. The van der Waals surface area contributed by atoms with Gasteiger partial charge in [-0.05, 0) is 35.9 Å². The molecule has 1 N–H and O–H groups in total. The molecule has 194 valence electrons. The first-order valence-electron chi connectivity index (χ1n) is 12.1. The van der Waals surface area contributed by atoms with Crippen molar-refractivity contribution in [2.75, 3.05) is 43.5 Å². The first-order chi connectivity index (χ1) is 18.5. The standard InChI is InChI=1S/C28H26F2N6O2/c1-3-26(37)35-8-10-36(11-9-35)27-22-12-18(5-7-24(22)33-17-34-27)20-13-25(28(38-2)32-16-20)31-15-19-4-6-21(29)14-23(19)30/h3-7,12-14,16-17,31H,1,8-11,15H2,2H3. The van der Waals surface area contributed by atoms with E-state index < -0.39 is 11.6 Å². The van der Waals surface area contributed by atoms with E-state index in [0.29, 0.717) is 43.3 Å². The smallest absolute Gasteiger partial charge is 0.246 e. The number of carbonyl (C=O) groups is 1. The zero-order valence-electron chi connectivity index (χ0n) is 20.8. The summed E-state index contributed by atoms with van der Waals surface area (Å²) in [6.07, 6.45) is 4.58. The van der Waals surface area contributed by atoms with Gasteiger partial charge in [0.1, 0.15) is 23.8 Å². The minimum atomic E-state index is -0.627. The predicted octanol–water partition coefficient (Wildman–Crippen LogP) is 4.43. The lowest BCUT2D eigenvalue weighted by Crippen LogP contribution is -2.48. The summed E-state index contributed by atoms with van der Waals surface area (Å²) in [6, 6.07) is 11.2. The minimum absolute atomic E-state index is 0.0712. The lowest BCUT2D eigenvalue weighted by molar-refractivity contribution is -0.126. The van der Waals surface area contributed by atoms with E-state index in [2.05, 4.69) is 31.7 Å². The van der Waals surface area contributed by atoms with Crippen molar-refractivity contribution in [1.29, 1.82) is 0 Å². The molecule has 0 radical (unpaired) electrons. The van der Waals surface area contributed by atoms with Gasteiger partial charge in [0.2, 0.25) is 11.8 Å². The lowest BCUT2D eigenvalue weighted by Gasteiger charge is -2.35. The number of hydrogen-bond acceptors (Lipinski definition) is 7. The topological polar surface area (TPSA) is 83.5 Å². The average molecular weight is 517 g/mol. The fourth-order valence-corrected chi connectivity index (χ4v) is 4.50. The molecule has 5 rings (SSSR count). The molecule has 1 aliphatic rings. The number of anilines is 2. The number of nitrogens with zero attached hydrogens (tertiary/aromatic N) is 5. The first kappa shape index (κ1) is 25.1. The van der Waals surface area contributed by atoms with Crippen LogP contribution in [0.15, 0.2) is 67.6 Å². The molecule has 0 saturated carbocycles. The Labute approximate surface area is 218 Å². The Balaban J connectivity index is 1.43.